The number of hydrogen-bond acceptors (Lipinski definition) is 3. The van der Waals surface area contributed by atoms with Crippen LogP contribution < -0.4 is 0 Å². The van der Waals surface area contributed by atoms with Gasteiger partial charge in [-0.05, 0) is 38.5 Å². The van der Waals surface area contributed by atoms with E-state index in [1.165, 1.54) is 6.92 Å². The van der Waals surface area contributed by atoms with Gasteiger partial charge in [-0.15, -0.1) is 0 Å². The lowest BCUT2D eigenvalue weighted by Gasteiger charge is -2.29. The Bertz CT molecular complexity index is 321. The van der Waals surface area contributed by atoms with Gasteiger partial charge in [0.25, 0.3) is 0 Å². The molecule has 5 heteroatoms. The molecule has 0 aromatic carbocycles. The summed E-state index contributed by atoms with van der Waals surface area (Å²) < 4.78 is 31.5. The van der Waals surface area contributed by atoms with E-state index in [0.29, 0.717) is 18.8 Å². The molecule has 0 atom stereocenters. The van der Waals surface area contributed by atoms with Gasteiger partial charge in [0.05, 0.1) is 6.61 Å². The highest BCUT2D eigenvalue weighted by atomic mass is 19.3. The van der Waals surface area contributed by atoms with E-state index in [2.05, 4.69) is 11.7 Å². The molecule has 0 N–H and O–H groups in total. The van der Waals surface area contributed by atoms with Crippen molar-refractivity contribution in [3.8, 4) is 0 Å². The molecule has 0 unspecified atom stereocenters. The van der Waals surface area contributed by atoms with Gasteiger partial charge in [-0.2, -0.15) is 8.78 Å². The van der Waals surface area contributed by atoms with Crippen LogP contribution in [-0.2, 0) is 14.3 Å². The van der Waals surface area contributed by atoms with Crippen molar-refractivity contribution in [1.29, 1.82) is 0 Å². The molecule has 0 bridgehead atoms. The minimum absolute atomic E-state index is 0.148. The molecule has 0 aromatic heterocycles. The van der Waals surface area contributed by atoms with Crippen molar-refractivity contribution in [1.82, 2.24) is 0 Å². The van der Waals surface area contributed by atoms with Crippen molar-refractivity contribution < 1.29 is 23.1 Å². The van der Waals surface area contributed by atoms with Crippen LogP contribution in [0.3, 0.4) is 0 Å². The number of carbonyl (C=O) groups is 2. The highest BCUT2D eigenvalue weighted by Gasteiger charge is 2.51. The summed E-state index contributed by atoms with van der Waals surface area (Å²) in [7, 11) is 0. The fourth-order valence-electron chi connectivity index (χ4n) is 2.70. The quantitative estimate of drug-likeness (QED) is 0.552. The normalized spacial score (nSPS) is 24.0. The number of Topliss-reactive ketones (excluding diaryl/α,β-unsaturated/α-hetero) is 1. The molecule has 1 rings (SSSR count). The van der Waals surface area contributed by atoms with Crippen LogP contribution in [0.2, 0.25) is 0 Å². The Morgan fingerprint density at radius 3 is 2.21 bits per heavy atom. The molecule has 1 aliphatic rings. The highest BCUT2D eigenvalue weighted by molar-refractivity contribution is 6.06. The molecule has 1 saturated carbocycles. The van der Waals surface area contributed by atoms with E-state index in [0.717, 1.165) is 25.7 Å². The fourth-order valence-corrected chi connectivity index (χ4v) is 2.70. The highest BCUT2D eigenvalue weighted by Crippen LogP contribution is 2.35. The second kappa shape index (κ2) is 6.96. The molecule has 1 fully saturated rings. The summed E-state index contributed by atoms with van der Waals surface area (Å²) in [5.41, 5.74) is 0. The summed E-state index contributed by atoms with van der Waals surface area (Å²) in [6.07, 6.45) is 4.65. The molecule has 3 nitrogen and oxygen atoms in total. The van der Waals surface area contributed by atoms with Crippen molar-refractivity contribution in [3.63, 3.8) is 0 Å². The summed E-state index contributed by atoms with van der Waals surface area (Å²) in [5, 5.41) is 0. The summed E-state index contributed by atoms with van der Waals surface area (Å²) in [6.45, 7) is 3.38. The average Bonchev–Trinajstić information content (AvgIpc) is 2.39. The zero-order chi connectivity index (χ0) is 14.5. The molecule has 0 spiro atoms. The van der Waals surface area contributed by atoms with E-state index in [1.807, 2.05) is 0 Å². The van der Waals surface area contributed by atoms with Crippen LogP contribution in [0, 0.1) is 11.8 Å². The van der Waals surface area contributed by atoms with Gasteiger partial charge in [-0.25, -0.2) is 4.79 Å². The minimum atomic E-state index is -3.99. The summed E-state index contributed by atoms with van der Waals surface area (Å²) in [6, 6.07) is 0. The Balaban J connectivity index is 2.57. The maximum Gasteiger partial charge on any atom is 0.400 e. The van der Waals surface area contributed by atoms with Crippen LogP contribution in [0.1, 0.15) is 52.4 Å². The summed E-state index contributed by atoms with van der Waals surface area (Å²) >= 11 is 0. The van der Waals surface area contributed by atoms with Gasteiger partial charge < -0.3 is 4.74 Å². The van der Waals surface area contributed by atoms with Crippen LogP contribution >= 0.6 is 0 Å². The van der Waals surface area contributed by atoms with Crippen LogP contribution in [-0.4, -0.2) is 24.3 Å². The third kappa shape index (κ3) is 3.98. The standard InChI is InChI=1S/C14H22F2O3/c1-3-5-10-6-8-11(9-7-10)12(17)14(15,16)13(18)19-4-2/h10-11H,3-9H2,1-2H3. The van der Waals surface area contributed by atoms with Crippen molar-refractivity contribution >= 4 is 11.8 Å². The van der Waals surface area contributed by atoms with Gasteiger partial charge in [-0.3, -0.25) is 4.79 Å². The second-order valence-electron chi connectivity index (χ2n) is 5.17. The lowest BCUT2D eigenvalue weighted by molar-refractivity contribution is -0.178. The number of hydrogen-bond donors (Lipinski definition) is 0. The van der Waals surface area contributed by atoms with Crippen LogP contribution in [0.5, 0.6) is 0 Å². The number of alkyl halides is 2. The largest absolute Gasteiger partial charge is 0.461 e. The van der Waals surface area contributed by atoms with E-state index < -0.39 is 23.6 Å². The second-order valence-corrected chi connectivity index (χ2v) is 5.17. The first kappa shape index (κ1) is 16.1. The zero-order valence-corrected chi connectivity index (χ0v) is 11.6. The Hall–Kier alpha value is -1.00. The minimum Gasteiger partial charge on any atom is -0.461 e. The molecular formula is C14H22F2O3. The van der Waals surface area contributed by atoms with E-state index in [4.69, 9.17) is 0 Å². The lowest BCUT2D eigenvalue weighted by atomic mass is 9.77. The molecule has 0 radical (unpaired) electrons. The van der Waals surface area contributed by atoms with Crippen molar-refractivity contribution in [2.45, 2.75) is 58.3 Å². The van der Waals surface area contributed by atoms with Crippen LogP contribution in [0.25, 0.3) is 0 Å². The molecule has 0 aliphatic heterocycles. The first-order valence-electron chi connectivity index (χ1n) is 7.02. The molecule has 19 heavy (non-hydrogen) atoms. The first-order chi connectivity index (χ1) is 8.93. The van der Waals surface area contributed by atoms with E-state index in [9.17, 15) is 18.4 Å². The first-order valence-corrected chi connectivity index (χ1v) is 7.02. The number of esters is 1. The molecule has 0 saturated heterocycles. The molecule has 110 valence electrons. The van der Waals surface area contributed by atoms with E-state index in [1.54, 1.807) is 0 Å². The smallest absolute Gasteiger partial charge is 0.400 e. The number of ketones is 1. The van der Waals surface area contributed by atoms with Gasteiger partial charge in [0.15, 0.2) is 0 Å². The molecule has 0 aromatic rings. The van der Waals surface area contributed by atoms with Crippen molar-refractivity contribution in [2.75, 3.05) is 6.61 Å². The third-order valence-corrected chi connectivity index (χ3v) is 3.76. The SMILES string of the molecule is CCCC1CCC(C(=O)C(F)(F)C(=O)OCC)CC1. The van der Waals surface area contributed by atoms with Gasteiger partial charge in [0, 0.05) is 5.92 Å². The lowest BCUT2D eigenvalue weighted by Crippen LogP contribution is -2.44. The summed E-state index contributed by atoms with van der Waals surface area (Å²) in [5.74, 6) is -7.13. The Kier molecular flexibility index (Phi) is 5.88. The summed E-state index contributed by atoms with van der Waals surface area (Å²) in [4.78, 5) is 22.9. The number of rotatable bonds is 6. The Morgan fingerprint density at radius 2 is 1.74 bits per heavy atom. The van der Waals surface area contributed by atoms with Crippen molar-refractivity contribution in [3.05, 3.63) is 0 Å². The van der Waals surface area contributed by atoms with Gasteiger partial charge in [0.2, 0.25) is 5.78 Å². The maximum atomic E-state index is 13.6. The number of carbonyl (C=O) groups excluding carboxylic acids is 2. The third-order valence-electron chi connectivity index (χ3n) is 3.76. The van der Waals surface area contributed by atoms with Crippen LogP contribution in [0.4, 0.5) is 8.78 Å². The zero-order valence-electron chi connectivity index (χ0n) is 11.6. The number of ether oxygens (including phenoxy) is 1. The monoisotopic (exact) mass is 276 g/mol. The van der Waals surface area contributed by atoms with E-state index >= 15 is 0 Å². The van der Waals surface area contributed by atoms with Gasteiger partial charge in [-0.1, -0.05) is 19.8 Å². The Morgan fingerprint density at radius 1 is 1.16 bits per heavy atom. The van der Waals surface area contributed by atoms with Crippen molar-refractivity contribution in [2.24, 2.45) is 11.8 Å². The topological polar surface area (TPSA) is 43.4 Å². The number of halogens is 2. The molecule has 1 aliphatic carbocycles. The predicted octanol–water partition coefficient (Wildman–Crippen LogP) is 3.36. The molecule has 0 amide bonds. The van der Waals surface area contributed by atoms with Crippen LogP contribution in [0.15, 0.2) is 0 Å². The Labute approximate surface area is 112 Å². The molecule has 0 heterocycles. The fraction of sp³-hybridized carbons (Fsp3) is 0.857. The maximum absolute atomic E-state index is 13.6. The van der Waals surface area contributed by atoms with Gasteiger partial charge >= 0.3 is 11.9 Å². The van der Waals surface area contributed by atoms with E-state index in [-0.39, 0.29) is 6.61 Å². The molecular weight excluding hydrogens is 254 g/mol. The van der Waals surface area contributed by atoms with Gasteiger partial charge in [0.1, 0.15) is 0 Å². The predicted molar refractivity (Wildman–Crippen MR) is 66.9 cm³/mol. The average molecular weight is 276 g/mol.